The largest absolute Gasteiger partial charge is 0.279 e. The van der Waals surface area contributed by atoms with E-state index in [4.69, 9.17) is 0 Å². The van der Waals surface area contributed by atoms with Crippen LogP contribution in [-0.4, -0.2) is 29.1 Å². The van der Waals surface area contributed by atoms with Crippen molar-refractivity contribution in [2.75, 3.05) is 21.3 Å². The van der Waals surface area contributed by atoms with Gasteiger partial charge in [-0.3, -0.25) is 9.03 Å². The molecule has 0 saturated carbocycles. The summed E-state index contributed by atoms with van der Waals surface area (Å²) in [4.78, 5) is -0.701. The molecule has 2 aromatic carbocycles. The number of nitrogens with zero attached hydrogens (tertiary/aromatic N) is 1. The van der Waals surface area contributed by atoms with Gasteiger partial charge in [0.05, 0.1) is 17.1 Å². The van der Waals surface area contributed by atoms with Gasteiger partial charge in [-0.2, -0.15) is 0 Å². The number of benzene rings is 2. The zero-order valence-corrected chi connectivity index (χ0v) is 14.4. The van der Waals surface area contributed by atoms with Gasteiger partial charge in [0, 0.05) is 12.6 Å². The number of hydrogen-bond acceptors (Lipinski definition) is 4. The van der Waals surface area contributed by atoms with E-state index >= 15 is 0 Å². The molecule has 10 heteroatoms. The van der Waals surface area contributed by atoms with Crippen LogP contribution >= 0.6 is 0 Å². The van der Waals surface area contributed by atoms with E-state index < -0.39 is 36.6 Å². The highest BCUT2D eigenvalue weighted by molar-refractivity contribution is 7.93. The number of sulfonamides is 2. The van der Waals surface area contributed by atoms with Crippen LogP contribution in [-0.2, 0) is 20.0 Å². The molecule has 0 unspecified atom stereocenters. The molecule has 0 aliphatic carbocycles. The van der Waals surface area contributed by atoms with Crippen molar-refractivity contribution < 1.29 is 25.6 Å². The molecule has 1 aliphatic heterocycles. The van der Waals surface area contributed by atoms with Crippen molar-refractivity contribution in [1.82, 2.24) is 0 Å². The third-order valence-corrected chi connectivity index (χ3v) is 6.95. The first kappa shape index (κ1) is 17.6. The van der Waals surface area contributed by atoms with Crippen molar-refractivity contribution in [1.29, 1.82) is 0 Å². The molecular weight excluding hydrogens is 374 g/mol. The van der Waals surface area contributed by atoms with Crippen LogP contribution in [0.3, 0.4) is 0 Å². The van der Waals surface area contributed by atoms with Crippen LogP contribution in [0.1, 0.15) is 6.42 Å². The Balaban J connectivity index is 1.92. The number of nitrogens with one attached hydrogen (secondary N) is 1. The van der Waals surface area contributed by atoms with E-state index in [9.17, 15) is 25.6 Å². The zero-order valence-electron chi connectivity index (χ0n) is 12.8. The Kier molecular flexibility index (Phi) is 4.41. The van der Waals surface area contributed by atoms with Gasteiger partial charge in [0.25, 0.3) is 10.0 Å². The molecule has 134 valence electrons. The van der Waals surface area contributed by atoms with E-state index in [0.717, 1.165) is 12.1 Å². The van der Waals surface area contributed by atoms with Gasteiger partial charge in [-0.25, -0.2) is 25.6 Å². The molecule has 1 heterocycles. The minimum absolute atomic E-state index is 0.0315. The summed E-state index contributed by atoms with van der Waals surface area (Å²) < 4.78 is 78.5. The van der Waals surface area contributed by atoms with Crippen LogP contribution in [0.2, 0.25) is 0 Å². The molecule has 0 amide bonds. The van der Waals surface area contributed by atoms with Crippen molar-refractivity contribution in [2.24, 2.45) is 0 Å². The molecule has 3 rings (SSSR count). The van der Waals surface area contributed by atoms with Crippen molar-refractivity contribution in [2.45, 2.75) is 11.3 Å². The Morgan fingerprint density at radius 1 is 1.08 bits per heavy atom. The summed E-state index contributed by atoms with van der Waals surface area (Å²) >= 11 is 0. The molecule has 0 aromatic heterocycles. The van der Waals surface area contributed by atoms with E-state index in [1.807, 2.05) is 0 Å². The topological polar surface area (TPSA) is 83.6 Å². The van der Waals surface area contributed by atoms with Gasteiger partial charge < -0.3 is 0 Å². The lowest BCUT2D eigenvalue weighted by Gasteiger charge is -2.18. The molecule has 1 saturated heterocycles. The minimum atomic E-state index is -4.29. The Labute approximate surface area is 144 Å². The van der Waals surface area contributed by atoms with Gasteiger partial charge in [0.15, 0.2) is 0 Å². The fourth-order valence-electron chi connectivity index (χ4n) is 2.56. The first-order valence-electron chi connectivity index (χ1n) is 7.27. The quantitative estimate of drug-likeness (QED) is 0.871. The van der Waals surface area contributed by atoms with Crippen molar-refractivity contribution in [3.63, 3.8) is 0 Å². The molecule has 25 heavy (non-hydrogen) atoms. The van der Waals surface area contributed by atoms with E-state index in [1.165, 1.54) is 22.5 Å². The molecule has 1 N–H and O–H groups in total. The Bertz CT molecular complexity index is 1020. The number of rotatable bonds is 4. The predicted octanol–water partition coefficient (Wildman–Crippen LogP) is 2.31. The summed E-state index contributed by atoms with van der Waals surface area (Å²) in [5.41, 5.74) is 0.389. The molecule has 0 atom stereocenters. The van der Waals surface area contributed by atoms with E-state index in [1.54, 1.807) is 6.07 Å². The minimum Gasteiger partial charge on any atom is -0.279 e. The fraction of sp³-hybridized carbons (Fsp3) is 0.200. The average molecular weight is 388 g/mol. The van der Waals surface area contributed by atoms with Gasteiger partial charge >= 0.3 is 0 Å². The van der Waals surface area contributed by atoms with E-state index in [-0.39, 0.29) is 11.4 Å². The first-order chi connectivity index (χ1) is 11.7. The number of anilines is 2. The molecule has 0 spiro atoms. The Morgan fingerprint density at radius 2 is 1.84 bits per heavy atom. The summed E-state index contributed by atoms with van der Waals surface area (Å²) in [7, 11) is -7.70. The molecule has 0 radical (unpaired) electrons. The summed E-state index contributed by atoms with van der Waals surface area (Å²) in [6.45, 7) is 0.311. The first-order valence-corrected chi connectivity index (χ1v) is 10.4. The molecule has 6 nitrogen and oxygen atoms in total. The summed E-state index contributed by atoms with van der Waals surface area (Å²) in [6.07, 6.45) is 0.485. The maximum Gasteiger partial charge on any atom is 0.264 e. The Hall–Kier alpha value is -2.20. The summed E-state index contributed by atoms with van der Waals surface area (Å²) in [5, 5.41) is 0. The number of hydrogen-bond donors (Lipinski definition) is 1. The van der Waals surface area contributed by atoms with Crippen LogP contribution in [0, 0.1) is 11.6 Å². The molecule has 1 aliphatic rings. The second kappa shape index (κ2) is 6.26. The fourth-order valence-corrected chi connectivity index (χ4v) is 5.22. The smallest absolute Gasteiger partial charge is 0.264 e. The van der Waals surface area contributed by atoms with Crippen molar-refractivity contribution in [3.05, 3.63) is 54.1 Å². The maximum atomic E-state index is 13.7. The SMILES string of the molecule is O=S(=O)(Nc1cccc(N2CCCS2(=O)=O)c1)c1ccc(F)cc1F. The van der Waals surface area contributed by atoms with Crippen LogP contribution in [0.4, 0.5) is 20.2 Å². The highest BCUT2D eigenvalue weighted by atomic mass is 32.2. The highest BCUT2D eigenvalue weighted by Gasteiger charge is 2.28. The van der Waals surface area contributed by atoms with Crippen LogP contribution in [0.5, 0.6) is 0 Å². The van der Waals surface area contributed by atoms with Crippen LogP contribution < -0.4 is 9.03 Å². The maximum absolute atomic E-state index is 13.7. The van der Waals surface area contributed by atoms with Crippen LogP contribution in [0.25, 0.3) is 0 Å². The zero-order chi connectivity index (χ0) is 18.2. The van der Waals surface area contributed by atoms with Crippen molar-refractivity contribution in [3.8, 4) is 0 Å². The third-order valence-electron chi connectivity index (χ3n) is 3.67. The lowest BCUT2D eigenvalue weighted by Crippen LogP contribution is -2.25. The lowest BCUT2D eigenvalue weighted by atomic mass is 10.3. The van der Waals surface area contributed by atoms with Gasteiger partial charge in [0.1, 0.15) is 16.5 Å². The standard InChI is InChI=1S/C15H14F2N2O4S2/c16-11-5-6-15(14(17)9-11)25(22,23)18-12-3-1-4-13(10-12)19-7-2-8-24(19,20)21/h1,3-6,9-10,18H,2,7-8H2. The second-order valence-electron chi connectivity index (χ2n) is 5.47. The van der Waals surface area contributed by atoms with Crippen molar-refractivity contribution >= 4 is 31.4 Å². The normalized spacial score (nSPS) is 16.8. The molecule has 2 aromatic rings. The van der Waals surface area contributed by atoms with Gasteiger partial charge in [-0.15, -0.1) is 0 Å². The van der Waals surface area contributed by atoms with Gasteiger partial charge in [0.2, 0.25) is 10.0 Å². The van der Waals surface area contributed by atoms with E-state index in [0.29, 0.717) is 24.7 Å². The van der Waals surface area contributed by atoms with Gasteiger partial charge in [-0.1, -0.05) is 6.07 Å². The molecular formula is C15H14F2N2O4S2. The summed E-state index contributed by atoms with van der Waals surface area (Å²) in [5.74, 6) is -2.08. The monoisotopic (exact) mass is 388 g/mol. The second-order valence-corrected chi connectivity index (χ2v) is 9.14. The van der Waals surface area contributed by atoms with Crippen LogP contribution in [0.15, 0.2) is 47.4 Å². The highest BCUT2D eigenvalue weighted by Crippen LogP contribution is 2.28. The molecule has 1 fully saturated rings. The molecule has 0 bridgehead atoms. The van der Waals surface area contributed by atoms with Gasteiger partial charge in [-0.05, 0) is 36.8 Å². The lowest BCUT2D eigenvalue weighted by molar-refractivity contribution is 0.551. The van der Waals surface area contributed by atoms with E-state index in [2.05, 4.69) is 4.72 Å². The number of halogens is 2. The predicted molar refractivity (Wildman–Crippen MR) is 89.4 cm³/mol. The summed E-state index contributed by atoms with van der Waals surface area (Å²) in [6, 6.07) is 7.92. The Morgan fingerprint density at radius 3 is 2.48 bits per heavy atom. The average Bonchev–Trinajstić information content (AvgIpc) is 2.86. The third kappa shape index (κ3) is 3.59.